The van der Waals surface area contributed by atoms with Crippen LogP contribution >= 0.6 is 0 Å². The fourth-order valence-corrected chi connectivity index (χ4v) is 10.3. The molecule has 12 rings (SSSR count). The van der Waals surface area contributed by atoms with Crippen molar-refractivity contribution in [1.82, 2.24) is 0 Å². The Morgan fingerprint density at radius 2 is 0.855 bits per heavy atom. The predicted octanol–water partition coefficient (Wildman–Crippen LogP) is 15.4. The van der Waals surface area contributed by atoms with Gasteiger partial charge in [-0.1, -0.05) is 184 Å². The van der Waals surface area contributed by atoms with Gasteiger partial charge in [-0.25, -0.2) is 0 Å². The maximum absolute atomic E-state index is 2.47. The second kappa shape index (κ2) is 11.1. The molecule has 0 saturated carbocycles. The minimum atomic E-state index is -0.0420. The SMILES string of the molecule is CC1(C)c2ccccc2-c2cc(-c3c4ccccc4c(-c4ccc5c6cccc7cccc(c8cccc4c85)c76)c4ccc(-c5ccccc5)cc34)ccc21. The molecule has 0 amide bonds. The number of benzene rings is 11. The molecule has 0 aromatic heterocycles. The van der Waals surface area contributed by atoms with Gasteiger partial charge in [-0.15, -0.1) is 0 Å². The third kappa shape index (κ3) is 4.17. The van der Waals surface area contributed by atoms with Crippen molar-refractivity contribution in [2.75, 3.05) is 0 Å². The standard InChI is InChI=1S/C55H36/c1-55(2)49-24-9-8-17-37(49)47-32-36(26-30-50(47)55)52-38-18-6-7-19-41(38)54(46-27-25-35(31-48(46)52)33-13-4-3-5-14-33)45-29-28-44-40-21-11-16-34-15-10-20-39(51(34)40)42-22-12-23-43(45)53(42)44/h3-32H,1-2H3. The van der Waals surface area contributed by atoms with Gasteiger partial charge < -0.3 is 0 Å². The first kappa shape index (κ1) is 30.7. The molecule has 0 spiro atoms. The fraction of sp³-hybridized carbons (Fsp3) is 0.0545. The van der Waals surface area contributed by atoms with E-state index in [0.717, 1.165) is 0 Å². The zero-order chi connectivity index (χ0) is 36.4. The van der Waals surface area contributed by atoms with Crippen LogP contribution in [-0.4, -0.2) is 0 Å². The van der Waals surface area contributed by atoms with Crippen LogP contribution in [0, 0.1) is 0 Å². The van der Waals surface area contributed by atoms with Crippen LogP contribution in [0.3, 0.4) is 0 Å². The van der Waals surface area contributed by atoms with Crippen LogP contribution in [-0.2, 0) is 5.41 Å². The highest BCUT2D eigenvalue weighted by Crippen LogP contribution is 2.52. The second-order valence-electron chi connectivity index (χ2n) is 16.0. The van der Waals surface area contributed by atoms with E-state index in [0.29, 0.717) is 0 Å². The molecule has 0 fully saturated rings. The molecule has 0 atom stereocenters. The first-order chi connectivity index (χ1) is 27.1. The normalized spacial score (nSPS) is 13.4. The quantitative estimate of drug-likeness (QED) is 0.127. The largest absolute Gasteiger partial charge is 0.0622 e. The van der Waals surface area contributed by atoms with Gasteiger partial charge in [-0.05, 0) is 132 Å². The summed E-state index contributed by atoms with van der Waals surface area (Å²) in [6, 6.07) is 68.5. The van der Waals surface area contributed by atoms with Crippen molar-refractivity contribution in [3.05, 3.63) is 193 Å². The van der Waals surface area contributed by atoms with E-state index >= 15 is 0 Å². The Bertz CT molecular complexity index is 3330. The van der Waals surface area contributed by atoms with Crippen molar-refractivity contribution in [2.45, 2.75) is 19.3 Å². The Kier molecular flexibility index (Phi) is 6.21. The van der Waals surface area contributed by atoms with Gasteiger partial charge in [0, 0.05) is 5.41 Å². The van der Waals surface area contributed by atoms with Gasteiger partial charge >= 0.3 is 0 Å². The molecule has 0 nitrogen and oxygen atoms in total. The Labute approximate surface area is 320 Å². The Hall–Kier alpha value is -6.76. The van der Waals surface area contributed by atoms with Gasteiger partial charge in [-0.2, -0.15) is 0 Å². The molecule has 0 bridgehead atoms. The molecule has 0 unspecified atom stereocenters. The molecule has 0 heterocycles. The smallest absolute Gasteiger partial charge is 0.0158 e. The van der Waals surface area contributed by atoms with Crippen LogP contribution < -0.4 is 0 Å². The summed E-state index contributed by atoms with van der Waals surface area (Å²) < 4.78 is 0. The summed E-state index contributed by atoms with van der Waals surface area (Å²) >= 11 is 0. The highest BCUT2D eigenvalue weighted by molar-refractivity contribution is 6.35. The van der Waals surface area contributed by atoms with E-state index in [4.69, 9.17) is 0 Å². The summed E-state index contributed by atoms with van der Waals surface area (Å²) in [5, 5.41) is 15.7. The monoisotopic (exact) mass is 696 g/mol. The highest BCUT2D eigenvalue weighted by Gasteiger charge is 2.35. The Morgan fingerprint density at radius 1 is 0.291 bits per heavy atom. The molecule has 1 aliphatic rings. The fourth-order valence-electron chi connectivity index (χ4n) is 10.3. The average molecular weight is 697 g/mol. The summed E-state index contributed by atoms with van der Waals surface area (Å²) in [4.78, 5) is 0. The number of hydrogen-bond acceptors (Lipinski definition) is 0. The molecule has 0 radical (unpaired) electrons. The van der Waals surface area contributed by atoms with E-state index < -0.39 is 0 Å². The van der Waals surface area contributed by atoms with Crippen molar-refractivity contribution >= 4 is 64.6 Å². The first-order valence-electron chi connectivity index (χ1n) is 19.4. The van der Waals surface area contributed by atoms with Crippen molar-refractivity contribution < 1.29 is 0 Å². The van der Waals surface area contributed by atoms with E-state index in [2.05, 4.69) is 196 Å². The minimum absolute atomic E-state index is 0.0420. The lowest BCUT2D eigenvalue weighted by Gasteiger charge is -2.23. The molecule has 0 saturated heterocycles. The van der Waals surface area contributed by atoms with Crippen molar-refractivity contribution in [1.29, 1.82) is 0 Å². The lowest BCUT2D eigenvalue weighted by Crippen LogP contribution is -2.14. The van der Waals surface area contributed by atoms with Gasteiger partial charge in [0.05, 0.1) is 0 Å². The van der Waals surface area contributed by atoms with Crippen LogP contribution in [0.1, 0.15) is 25.0 Å². The van der Waals surface area contributed by atoms with E-state index in [-0.39, 0.29) is 5.41 Å². The molecule has 0 heteroatoms. The third-order valence-electron chi connectivity index (χ3n) is 12.8. The number of rotatable bonds is 3. The van der Waals surface area contributed by atoms with Gasteiger partial charge in [0.15, 0.2) is 0 Å². The van der Waals surface area contributed by atoms with Gasteiger partial charge in [-0.3, -0.25) is 0 Å². The summed E-state index contributed by atoms with van der Waals surface area (Å²) in [5.74, 6) is 0. The van der Waals surface area contributed by atoms with Gasteiger partial charge in [0.25, 0.3) is 0 Å². The number of fused-ring (bicyclic) bond motifs is 7. The maximum Gasteiger partial charge on any atom is 0.0158 e. The van der Waals surface area contributed by atoms with Gasteiger partial charge in [0.1, 0.15) is 0 Å². The van der Waals surface area contributed by atoms with Crippen LogP contribution in [0.25, 0.3) is 109 Å². The topological polar surface area (TPSA) is 0 Å². The summed E-state index contributed by atoms with van der Waals surface area (Å²) in [6.07, 6.45) is 0. The summed E-state index contributed by atoms with van der Waals surface area (Å²) in [6.45, 7) is 4.73. The number of hydrogen-bond donors (Lipinski definition) is 0. The van der Waals surface area contributed by atoms with E-state index in [1.54, 1.807) is 0 Å². The molecule has 11 aromatic rings. The molecule has 1 aliphatic carbocycles. The first-order valence-corrected chi connectivity index (χ1v) is 19.4. The average Bonchev–Trinajstić information content (AvgIpc) is 3.47. The highest BCUT2D eigenvalue weighted by atomic mass is 14.4. The zero-order valence-electron chi connectivity index (χ0n) is 30.8. The van der Waals surface area contributed by atoms with Crippen LogP contribution in [0.2, 0.25) is 0 Å². The second-order valence-corrected chi connectivity index (χ2v) is 16.0. The lowest BCUT2D eigenvalue weighted by atomic mass is 9.80. The molecule has 11 aromatic carbocycles. The van der Waals surface area contributed by atoms with E-state index in [1.165, 1.54) is 120 Å². The molecule has 0 aliphatic heterocycles. The maximum atomic E-state index is 2.47. The third-order valence-corrected chi connectivity index (χ3v) is 12.8. The van der Waals surface area contributed by atoms with Crippen molar-refractivity contribution in [3.63, 3.8) is 0 Å². The predicted molar refractivity (Wildman–Crippen MR) is 237 cm³/mol. The molecule has 0 N–H and O–H groups in total. The zero-order valence-corrected chi connectivity index (χ0v) is 30.8. The Morgan fingerprint density at radius 3 is 1.65 bits per heavy atom. The van der Waals surface area contributed by atoms with E-state index in [1.807, 2.05) is 0 Å². The van der Waals surface area contributed by atoms with E-state index in [9.17, 15) is 0 Å². The van der Waals surface area contributed by atoms with Crippen molar-refractivity contribution in [2.24, 2.45) is 0 Å². The van der Waals surface area contributed by atoms with Crippen LogP contribution in [0.15, 0.2) is 182 Å². The Balaban J connectivity index is 1.21. The minimum Gasteiger partial charge on any atom is -0.0622 e. The summed E-state index contributed by atoms with van der Waals surface area (Å²) in [7, 11) is 0. The summed E-state index contributed by atoms with van der Waals surface area (Å²) in [5.41, 5.74) is 13.0. The lowest BCUT2D eigenvalue weighted by molar-refractivity contribution is 0.660. The molecular weight excluding hydrogens is 661 g/mol. The van der Waals surface area contributed by atoms with Gasteiger partial charge in [0.2, 0.25) is 0 Å². The van der Waals surface area contributed by atoms with Crippen LogP contribution in [0.5, 0.6) is 0 Å². The molecular formula is C55H36. The van der Waals surface area contributed by atoms with Crippen LogP contribution in [0.4, 0.5) is 0 Å². The van der Waals surface area contributed by atoms with Crippen molar-refractivity contribution in [3.8, 4) is 44.5 Å². The molecule has 55 heavy (non-hydrogen) atoms. The molecule has 256 valence electrons.